The van der Waals surface area contributed by atoms with Crippen molar-refractivity contribution in [2.75, 3.05) is 0 Å². The second kappa shape index (κ2) is 7.05. The van der Waals surface area contributed by atoms with E-state index in [-0.39, 0.29) is 10.8 Å². The van der Waals surface area contributed by atoms with Gasteiger partial charge in [0.1, 0.15) is 0 Å². The van der Waals surface area contributed by atoms with Crippen molar-refractivity contribution in [2.45, 2.75) is 45.4 Å². The molecule has 2 aliphatic rings. The first-order valence-electron chi connectivity index (χ1n) is 13.7. The Hall–Kier alpha value is -4.10. The molecule has 0 amide bonds. The molecule has 1 heteroatoms. The van der Waals surface area contributed by atoms with Crippen molar-refractivity contribution < 1.29 is 0 Å². The minimum atomic E-state index is -0.116. The average molecular weight is 490 g/mol. The molecule has 0 saturated carbocycles. The Labute approximate surface area is 224 Å². The van der Waals surface area contributed by atoms with Crippen molar-refractivity contribution in [3.8, 4) is 27.9 Å². The van der Waals surface area contributed by atoms with Gasteiger partial charge < -0.3 is 4.57 Å². The zero-order valence-electron chi connectivity index (χ0n) is 22.7. The van der Waals surface area contributed by atoms with Crippen LogP contribution in [0, 0.1) is 6.92 Å². The predicted octanol–water partition coefficient (Wildman–Crippen LogP) is 9.70. The highest BCUT2D eigenvalue weighted by Gasteiger charge is 2.43. The van der Waals surface area contributed by atoms with Gasteiger partial charge in [0.15, 0.2) is 0 Å². The molecular formula is C37H31N. The van der Waals surface area contributed by atoms with E-state index in [0.717, 1.165) is 0 Å². The van der Waals surface area contributed by atoms with Gasteiger partial charge in [-0.3, -0.25) is 0 Å². The minimum Gasteiger partial charge on any atom is -0.308 e. The van der Waals surface area contributed by atoms with E-state index in [0.29, 0.717) is 0 Å². The van der Waals surface area contributed by atoms with E-state index < -0.39 is 0 Å². The van der Waals surface area contributed by atoms with Gasteiger partial charge in [0, 0.05) is 21.6 Å². The van der Waals surface area contributed by atoms with Crippen molar-refractivity contribution in [3.63, 3.8) is 0 Å². The molecule has 8 rings (SSSR count). The van der Waals surface area contributed by atoms with E-state index in [1.807, 2.05) is 0 Å². The number of hydrogen-bond donors (Lipinski definition) is 0. The molecule has 184 valence electrons. The summed E-state index contributed by atoms with van der Waals surface area (Å²) in [5.41, 5.74) is 16.2. The van der Waals surface area contributed by atoms with E-state index >= 15 is 0 Å². The van der Waals surface area contributed by atoms with E-state index in [1.54, 1.807) is 0 Å². The molecule has 0 saturated heterocycles. The second-order valence-corrected chi connectivity index (χ2v) is 12.3. The third kappa shape index (κ3) is 2.52. The van der Waals surface area contributed by atoms with Gasteiger partial charge in [-0.05, 0) is 69.1 Å². The average Bonchev–Trinajstić information content (AvgIpc) is 3.26. The molecule has 0 aliphatic carbocycles. The van der Waals surface area contributed by atoms with Crippen LogP contribution in [0.1, 0.15) is 55.5 Å². The molecular weight excluding hydrogens is 458 g/mol. The molecule has 0 N–H and O–H groups in total. The summed E-state index contributed by atoms with van der Waals surface area (Å²) in [6.45, 7) is 11.8. The lowest BCUT2D eigenvalue weighted by Gasteiger charge is -2.42. The minimum absolute atomic E-state index is 0.0525. The second-order valence-electron chi connectivity index (χ2n) is 12.3. The molecule has 6 aromatic rings. The fourth-order valence-corrected chi connectivity index (χ4v) is 7.48. The molecule has 1 aromatic heterocycles. The summed E-state index contributed by atoms with van der Waals surface area (Å²) >= 11 is 0. The summed E-state index contributed by atoms with van der Waals surface area (Å²) in [6.07, 6.45) is 0. The fraction of sp³-hybridized carbons (Fsp3) is 0.189. The summed E-state index contributed by atoms with van der Waals surface area (Å²) < 4.78 is 2.60. The van der Waals surface area contributed by atoms with Gasteiger partial charge in [-0.25, -0.2) is 0 Å². The number of para-hydroxylation sites is 2. The number of rotatable bonds is 2. The maximum atomic E-state index is 2.60. The lowest BCUT2D eigenvalue weighted by atomic mass is 9.68. The Morgan fingerprint density at radius 2 is 1.08 bits per heavy atom. The molecule has 0 fully saturated rings. The van der Waals surface area contributed by atoms with Crippen LogP contribution in [0.2, 0.25) is 0 Å². The predicted molar refractivity (Wildman–Crippen MR) is 161 cm³/mol. The number of hydrogen-bond acceptors (Lipinski definition) is 0. The highest BCUT2D eigenvalue weighted by molar-refractivity contribution is 6.15. The first-order chi connectivity index (χ1) is 18.3. The third-order valence-corrected chi connectivity index (χ3v) is 9.51. The van der Waals surface area contributed by atoms with Crippen molar-refractivity contribution in [3.05, 3.63) is 125 Å². The lowest BCUT2D eigenvalue weighted by Crippen LogP contribution is -2.33. The Kier molecular flexibility index (Phi) is 4.07. The van der Waals surface area contributed by atoms with Crippen LogP contribution in [-0.4, -0.2) is 4.57 Å². The van der Waals surface area contributed by atoms with Gasteiger partial charge in [-0.1, -0.05) is 113 Å². The van der Waals surface area contributed by atoms with Crippen LogP contribution in [-0.2, 0) is 10.8 Å². The van der Waals surface area contributed by atoms with Gasteiger partial charge in [0.05, 0.1) is 16.7 Å². The number of benzene rings is 5. The third-order valence-electron chi connectivity index (χ3n) is 9.51. The van der Waals surface area contributed by atoms with E-state index in [9.17, 15) is 0 Å². The summed E-state index contributed by atoms with van der Waals surface area (Å²) in [5, 5.41) is 2.72. The molecule has 0 atom stereocenters. The normalized spacial score (nSPS) is 15.9. The Balaban J connectivity index is 1.55. The Morgan fingerprint density at radius 3 is 1.82 bits per heavy atom. The van der Waals surface area contributed by atoms with Crippen LogP contribution >= 0.6 is 0 Å². The Morgan fingerprint density at radius 1 is 0.500 bits per heavy atom. The molecule has 0 bridgehead atoms. The zero-order valence-corrected chi connectivity index (χ0v) is 22.7. The molecule has 0 unspecified atom stereocenters. The van der Waals surface area contributed by atoms with Crippen LogP contribution in [0.25, 0.3) is 49.7 Å². The fourth-order valence-electron chi connectivity index (χ4n) is 7.48. The SMILES string of the molecule is Cc1ccccc1-c1ccccc1-c1cc2c3c(c1)c1cccc4c1n3-c1c(cccc1C2(C)C)C4(C)C. The van der Waals surface area contributed by atoms with Crippen molar-refractivity contribution in [2.24, 2.45) is 0 Å². The Bertz CT molecular complexity index is 1980. The highest BCUT2D eigenvalue weighted by Crippen LogP contribution is 2.55. The van der Waals surface area contributed by atoms with Crippen LogP contribution in [0.3, 0.4) is 0 Å². The van der Waals surface area contributed by atoms with Gasteiger partial charge in [-0.15, -0.1) is 0 Å². The zero-order chi connectivity index (χ0) is 26.0. The highest BCUT2D eigenvalue weighted by atomic mass is 15.0. The molecule has 3 heterocycles. The van der Waals surface area contributed by atoms with Crippen LogP contribution < -0.4 is 0 Å². The van der Waals surface area contributed by atoms with Crippen LogP contribution in [0.5, 0.6) is 0 Å². The van der Waals surface area contributed by atoms with Crippen molar-refractivity contribution >= 4 is 21.8 Å². The molecule has 1 nitrogen and oxygen atoms in total. The number of aromatic nitrogens is 1. The topological polar surface area (TPSA) is 4.93 Å². The quantitative estimate of drug-likeness (QED) is 0.228. The standard InChI is InChI=1S/C37H31N/c1-22-12-6-7-13-24(22)26-15-9-8-14-25(26)23-20-28-27-16-10-17-29-33(27)38-34(28)32(21-23)37(4,5)31-19-11-18-30(35(31)38)36(29,2)3/h6-21H,1-5H3. The van der Waals surface area contributed by atoms with Gasteiger partial charge >= 0.3 is 0 Å². The van der Waals surface area contributed by atoms with Crippen LogP contribution in [0.15, 0.2) is 97.1 Å². The molecule has 2 aliphatic heterocycles. The monoisotopic (exact) mass is 489 g/mol. The van der Waals surface area contributed by atoms with E-state index in [1.165, 1.54) is 77.6 Å². The summed E-state index contributed by atoms with van der Waals surface area (Å²) in [6, 6.07) is 36.5. The molecule has 0 radical (unpaired) electrons. The first kappa shape index (κ1) is 21.9. The lowest BCUT2D eigenvalue weighted by molar-refractivity contribution is 0.594. The van der Waals surface area contributed by atoms with Gasteiger partial charge in [0.2, 0.25) is 0 Å². The van der Waals surface area contributed by atoms with E-state index in [4.69, 9.17) is 0 Å². The number of aryl methyl sites for hydroxylation is 1. The maximum absolute atomic E-state index is 2.60. The van der Waals surface area contributed by atoms with Gasteiger partial charge in [0.25, 0.3) is 0 Å². The van der Waals surface area contributed by atoms with Gasteiger partial charge in [-0.2, -0.15) is 0 Å². The van der Waals surface area contributed by atoms with Crippen molar-refractivity contribution in [1.82, 2.24) is 4.57 Å². The summed E-state index contributed by atoms with van der Waals surface area (Å²) in [5.74, 6) is 0. The number of nitrogens with zero attached hydrogens (tertiary/aromatic N) is 1. The maximum Gasteiger partial charge on any atom is 0.0582 e. The molecule has 38 heavy (non-hydrogen) atoms. The number of fused-ring (bicyclic) bond motifs is 1. The summed E-state index contributed by atoms with van der Waals surface area (Å²) in [7, 11) is 0. The largest absolute Gasteiger partial charge is 0.308 e. The smallest absolute Gasteiger partial charge is 0.0582 e. The van der Waals surface area contributed by atoms with Crippen molar-refractivity contribution in [1.29, 1.82) is 0 Å². The first-order valence-corrected chi connectivity index (χ1v) is 13.7. The molecule has 0 spiro atoms. The van der Waals surface area contributed by atoms with Crippen LogP contribution in [0.4, 0.5) is 0 Å². The summed E-state index contributed by atoms with van der Waals surface area (Å²) in [4.78, 5) is 0. The molecule has 5 aromatic carbocycles. The van der Waals surface area contributed by atoms with E-state index in [2.05, 4.69) is 136 Å².